The first-order valence-corrected chi connectivity index (χ1v) is 11.2. The molecular weight excluding hydrogens is 384 g/mol. The quantitative estimate of drug-likeness (QED) is 0.484. The summed E-state index contributed by atoms with van der Waals surface area (Å²) in [6.07, 6.45) is 6.49. The van der Waals surface area contributed by atoms with Crippen LogP contribution in [0.3, 0.4) is 0 Å². The molecule has 0 atom stereocenters. The van der Waals surface area contributed by atoms with Crippen LogP contribution in [0.1, 0.15) is 26.3 Å². The summed E-state index contributed by atoms with van der Waals surface area (Å²) in [5.41, 5.74) is 5.65. The van der Waals surface area contributed by atoms with Gasteiger partial charge in [0.25, 0.3) is 0 Å². The highest BCUT2D eigenvalue weighted by Crippen LogP contribution is 2.30. The molecule has 0 spiro atoms. The third-order valence-corrected chi connectivity index (χ3v) is 6.83. The monoisotopic (exact) mass is 408 g/mol. The highest BCUT2D eigenvalue weighted by Gasteiger charge is 2.18. The molecule has 0 radical (unpaired) electrons. The SMILES string of the molecule is CCc1ccc(-n2cc(-c3ccc4[nH]cc(NS(=O)(=O)C(C)C)c4c3)cn2)cc1. The molecule has 2 aromatic carbocycles. The van der Waals surface area contributed by atoms with Gasteiger partial charge in [-0.25, -0.2) is 13.1 Å². The molecule has 0 aliphatic carbocycles. The number of rotatable bonds is 6. The van der Waals surface area contributed by atoms with Gasteiger partial charge in [0.2, 0.25) is 10.0 Å². The lowest BCUT2D eigenvalue weighted by Crippen LogP contribution is -2.22. The van der Waals surface area contributed by atoms with Crippen molar-refractivity contribution in [1.29, 1.82) is 0 Å². The van der Waals surface area contributed by atoms with Crippen LogP contribution in [0, 0.1) is 0 Å². The normalized spacial score (nSPS) is 12.0. The van der Waals surface area contributed by atoms with Crippen molar-refractivity contribution in [1.82, 2.24) is 14.8 Å². The van der Waals surface area contributed by atoms with E-state index in [0.29, 0.717) is 5.69 Å². The fourth-order valence-electron chi connectivity index (χ4n) is 3.15. The maximum Gasteiger partial charge on any atom is 0.235 e. The number of aryl methyl sites for hydroxylation is 1. The van der Waals surface area contributed by atoms with Crippen molar-refractivity contribution in [2.45, 2.75) is 32.4 Å². The molecule has 6 nitrogen and oxygen atoms in total. The molecule has 29 heavy (non-hydrogen) atoms. The molecule has 0 saturated heterocycles. The highest BCUT2D eigenvalue weighted by molar-refractivity contribution is 7.93. The van der Waals surface area contributed by atoms with Crippen molar-refractivity contribution in [3.63, 3.8) is 0 Å². The largest absolute Gasteiger partial charge is 0.359 e. The fourth-order valence-corrected chi connectivity index (χ4v) is 3.86. The van der Waals surface area contributed by atoms with E-state index in [4.69, 9.17) is 0 Å². The van der Waals surface area contributed by atoms with E-state index in [9.17, 15) is 8.42 Å². The lowest BCUT2D eigenvalue weighted by Gasteiger charge is -2.10. The van der Waals surface area contributed by atoms with Gasteiger partial charge in [-0.1, -0.05) is 25.1 Å². The predicted octanol–water partition coefficient (Wildman–Crippen LogP) is 4.73. The minimum Gasteiger partial charge on any atom is -0.359 e. The lowest BCUT2D eigenvalue weighted by atomic mass is 10.1. The maximum absolute atomic E-state index is 12.3. The summed E-state index contributed by atoms with van der Waals surface area (Å²) < 4.78 is 29.1. The lowest BCUT2D eigenvalue weighted by molar-refractivity contribution is 0.593. The number of fused-ring (bicyclic) bond motifs is 1. The Morgan fingerprint density at radius 3 is 2.55 bits per heavy atom. The number of aromatic nitrogens is 3. The van der Waals surface area contributed by atoms with Crippen molar-refractivity contribution < 1.29 is 8.42 Å². The van der Waals surface area contributed by atoms with E-state index >= 15 is 0 Å². The summed E-state index contributed by atoms with van der Waals surface area (Å²) >= 11 is 0. The Labute approximate surface area is 170 Å². The Bertz CT molecular complexity index is 1250. The summed E-state index contributed by atoms with van der Waals surface area (Å²) in [5, 5.41) is 4.81. The highest BCUT2D eigenvalue weighted by atomic mass is 32.2. The number of sulfonamides is 1. The van der Waals surface area contributed by atoms with E-state index in [1.807, 2.05) is 35.3 Å². The van der Waals surface area contributed by atoms with Gasteiger partial charge in [-0.2, -0.15) is 5.10 Å². The molecule has 4 aromatic rings. The molecule has 2 heterocycles. The first-order valence-electron chi connectivity index (χ1n) is 9.64. The summed E-state index contributed by atoms with van der Waals surface area (Å²) in [4.78, 5) is 3.12. The second kappa shape index (κ2) is 7.40. The van der Waals surface area contributed by atoms with Crippen LogP contribution in [-0.2, 0) is 16.4 Å². The number of anilines is 1. The van der Waals surface area contributed by atoms with Crippen LogP contribution in [0.15, 0.2) is 61.1 Å². The van der Waals surface area contributed by atoms with Crippen LogP contribution < -0.4 is 4.72 Å². The van der Waals surface area contributed by atoms with Gasteiger partial charge in [0.1, 0.15) is 0 Å². The Morgan fingerprint density at radius 2 is 1.86 bits per heavy atom. The number of benzene rings is 2. The third-order valence-electron chi connectivity index (χ3n) is 5.08. The molecule has 0 unspecified atom stereocenters. The van der Waals surface area contributed by atoms with Gasteiger partial charge in [-0.3, -0.25) is 4.72 Å². The number of hydrogen-bond acceptors (Lipinski definition) is 3. The van der Waals surface area contributed by atoms with E-state index < -0.39 is 15.3 Å². The molecule has 2 N–H and O–H groups in total. The average Bonchev–Trinajstić information content (AvgIpc) is 3.35. The molecule has 0 amide bonds. The molecular formula is C22H24N4O2S. The topological polar surface area (TPSA) is 79.8 Å². The van der Waals surface area contributed by atoms with Crippen molar-refractivity contribution in [2.75, 3.05) is 4.72 Å². The zero-order valence-corrected chi connectivity index (χ0v) is 17.5. The molecule has 0 aliphatic rings. The summed E-state index contributed by atoms with van der Waals surface area (Å²) in [5.74, 6) is 0. The maximum atomic E-state index is 12.3. The fraction of sp³-hybridized carbons (Fsp3) is 0.227. The van der Waals surface area contributed by atoms with Crippen molar-refractivity contribution in [2.24, 2.45) is 0 Å². The van der Waals surface area contributed by atoms with Gasteiger partial charge in [0.15, 0.2) is 0 Å². The van der Waals surface area contributed by atoms with Gasteiger partial charge >= 0.3 is 0 Å². The standard InChI is InChI=1S/C22H24N4O2S/c1-4-16-5-8-19(9-6-16)26-14-18(12-24-26)17-7-10-21-20(11-17)22(13-23-21)25-29(27,28)15(2)3/h5-15,23,25H,4H2,1-3H3. The van der Waals surface area contributed by atoms with Crippen LogP contribution in [0.4, 0.5) is 5.69 Å². The van der Waals surface area contributed by atoms with Gasteiger partial charge in [-0.05, 0) is 55.7 Å². The molecule has 150 valence electrons. The van der Waals surface area contributed by atoms with Gasteiger partial charge in [0, 0.05) is 28.9 Å². The van der Waals surface area contributed by atoms with Crippen molar-refractivity contribution in [3.05, 3.63) is 66.6 Å². The van der Waals surface area contributed by atoms with Crippen LogP contribution in [0.5, 0.6) is 0 Å². The minimum atomic E-state index is -3.41. The summed E-state index contributed by atoms with van der Waals surface area (Å²) in [7, 11) is -3.41. The van der Waals surface area contributed by atoms with E-state index in [1.54, 1.807) is 20.0 Å². The van der Waals surface area contributed by atoms with Gasteiger partial charge in [0.05, 0.1) is 22.8 Å². The molecule has 0 fully saturated rings. The Balaban J connectivity index is 1.68. The van der Waals surface area contributed by atoms with Crippen LogP contribution >= 0.6 is 0 Å². The second-order valence-electron chi connectivity index (χ2n) is 7.35. The van der Waals surface area contributed by atoms with Gasteiger partial charge in [-0.15, -0.1) is 0 Å². The van der Waals surface area contributed by atoms with Crippen LogP contribution in [0.25, 0.3) is 27.7 Å². The predicted molar refractivity (Wildman–Crippen MR) is 118 cm³/mol. The zero-order valence-electron chi connectivity index (χ0n) is 16.7. The number of H-pyrrole nitrogens is 1. The number of aromatic amines is 1. The molecule has 0 bridgehead atoms. The Hall–Kier alpha value is -3.06. The van der Waals surface area contributed by atoms with Crippen LogP contribution in [0.2, 0.25) is 0 Å². The molecule has 0 saturated carbocycles. The first kappa shape index (κ1) is 19.3. The second-order valence-corrected chi connectivity index (χ2v) is 9.59. The third kappa shape index (κ3) is 3.78. The summed E-state index contributed by atoms with van der Waals surface area (Å²) in [6, 6.07) is 14.3. The molecule has 2 aromatic heterocycles. The average molecular weight is 409 g/mol. The van der Waals surface area contributed by atoms with E-state index in [0.717, 1.165) is 34.1 Å². The molecule has 7 heteroatoms. The summed E-state index contributed by atoms with van der Waals surface area (Å²) in [6.45, 7) is 5.45. The van der Waals surface area contributed by atoms with Gasteiger partial charge < -0.3 is 4.98 Å². The smallest absolute Gasteiger partial charge is 0.235 e. The number of hydrogen-bond donors (Lipinski definition) is 2. The van der Waals surface area contributed by atoms with Crippen LogP contribution in [-0.4, -0.2) is 28.4 Å². The van der Waals surface area contributed by atoms with E-state index in [2.05, 4.69) is 46.0 Å². The van der Waals surface area contributed by atoms with Crippen molar-refractivity contribution >= 4 is 26.6 Å². The molecule has 4 rings (SSSR count). The Morgan fingerprint density at radius 1 is 1.10 bits per heavy atom. The first-order chi connectivity index (χ1) is 13.9. The Kier molecular flexibility index (Phi) is 4.92. The van der Waals surface area contributed by atoms with E-state index in [1.165, 1.54) is 5.56 Å². The minimum absolute atomic E-state index is 0.507. The van der Waals surface area contributed by atoms with E-state index in [-0.39, 0.29) is 0 Å². The van der Waals surface area contributed by atoms with Crippen molar-refractivity contribution in [3.8, 4) is 16.8 Å². The zero-order chi connectivity index (χ0) is 20.6. The number of nitrogens with one attached hydrogen (secondary N) is 2. The number of nitrogens with zero attached hydrogens (tertiary/aromatic N) is 2. The molecule has 0 aliphatic heterocycles.